The molecule has 102 valence electrons. The van der Waals surface area contributed by atoms with Crippen molar-refractivity contribution in [2.45, 2.75) is 18.3 Å². The summed E-state index contributed by atoms with van der Waals surface area (Å²) < 4.78 is 36.0. The van der Waals surface area contributed by atoms with Crippen LogP contribution in [0.1, 0.15) is 23.2 Å². The quantitative estimate of drug-likeness (QED) is 0.741. The number of hydrogen-bond donors (Lipinski definition) is 0. The van der Waals surface area contributed by atoms with Crippen molar-refractivity contribution in [2.24, 2.45) is 5.92 Å². The highest BCUT2D eigenvalue weighted by molar-refractivity contribution is 8.00. The Morgan fingerprint density at radius 3 is 2.47 bits per heavy atom. The SMILES string of the molecule is N#CC(CCC(=O)c1ccccc1)CSC(F)(F)F. The van der Waals surface area contributed by atoms with E-state index in [1.54, 1.807) is 30.3 Å². The van der Waals surface area contributed by atoms with E-state index in [0.29, 0.717) is 5.56 Å². The minimum atomic E-state index is -4.33. The summed E-state index contributed by atoms with van der Waals surface area (Å²) >= 11 is -0.220. The summed E-state index contributed by atoms with van der Waals surface area (Å²) in [6.45, 7) is 0. The van der Waals surface area contributed by atoms with Crippen molar-refractivity contribution in [1.29, 1.82) is 5.26 Å². The van der Waals surface area contributed by atoms with Gasteiger partial charge in [0, 0.05) is 17.7 Å². The maximum atomic E-state index is 12.0. The molecule has 0 saturated carbocycles. The highest BCUT2D eigenvalue weighted by Crippen LogP contribution is 2.32. The summed E-state index contributed by atoms with van der Waals surface area (Å²) in [6, 6.07) is 10.3. The number of benzene rings is 1. The predicted molar refractivity (Wildman–Crippen MR) is 67.6 cm³/mol. The van der Waals surface area contributed by atoms with Crippen LogP contribution in [0.25, 0.3) is 0 Å². The van der Waals surface area contributed by atoms with Crippen molar-refractivity contribution in [2.75, 3.05) is 5.75 Å². The summed E-state index contributed by atoms with van der Waals surface area (Å²) in [6.07, 6.45) is 0.230. The molecule has 1 aromatic rings. The summed E-state index contributed by atoms with van der Waals surface area (Å²) in [4.78, 5) is 11.7. The Bertz CT molecular complexity index is 453. The van der Waals surface area contributed by atoms with Gasteiger partial charge in [-0.25, -0.2) is 0 Å². The van der Waals surface area contributed by atoms with Gasteiger partial charge in [0.1, 0.15) is 0 Å². The van der Waals surface area contributed by atoms with E-state index in [1.807, 2.05) is 6.07 Å². The molecule has 0 N–H and O–H groups in total. The number of carbonyl (C=O) groups is 1. The van der Waals surface area contributed by atoms with Gasteiger partial charge >= 0.3 is 5.51 Å². The van der Waals surface area contributed by atoms with Gasteiger partial charge in [-0.05, 0) is 18.2 Å². The van der Waals surface area contributed by atoms with Crippen LogP contribution in [0.2, 0.25) is 0 Å². The largest absolute Gasteiger partial charge is 0.441 e. The summed E-state index contributed by atoms with van der Waals surface area (Å²) in [5.41, 5.74) is -3.82. The van der Waals surface area contributed by atoms with Gasteiger partial charge in [-0.2, -0.15) is 18.4 Å². The molecule has 1 atom stereocenters. The maximum Gasteiger partial charge on any atom is 0.441 e. The number of nitrogens with zero attached hydrogens (tertiary/aromatic N) is 1. The van der Waals surface area contributed by atoms with Crippen molar-refractivity contribution >= 4 is 17.5 Å². The van der Waals surface area contributed by atoms with Crippen molar-refractivity contribution < 1.29 is 18.0 Å². The highest BCUT2D eigenvalue weighted by Gasteiger charge is 2.29. The molecule has 1 aromatic carbocycles. The number of halogens is 3. The fraction of sp³-hybridized carbons (Fsp3) is 0.385. The highest BCUT2D eigenvalue weighted by atomic mass is 32.2. The normalized spacial score (nSPS) is 12.7. The second-order valence-electron chi connectivity index (χ2n) is 3.91. The molecule has 0 aromatic heterocycles. The third kappa shape index (κ3) is 6.30. The Balaban J connectivity index is 2.42. The van der Waals surface area contributed by atoms with Gasteiger partial charge in [0.2, 0.25) is 0 Å². The topological polar surface area (TPSA) is 40.9 Å². The second kappa shape index (κ2) is 7.19. The molecule has 0 spiro atoms. The fourth-order valence-electron chi connectivity index (χ4n) is 1.45. The summed E-state index contributed by atoms with van der Waals surface area (Å²) in [5, 5.41) is 8.76. The lowest BCUT2D eigenvalue weighted by Gasteiger charge is -2.10. The molecule has 1 unspecified atom stereocenters. The molecule has 0 aliphatic rings. The lowest BCUT2D eigenvalue weighted by atomic mass is 10.0. The third-order valence-corrected chi connectivity index (χ3v) is 3.34. The Morgan fingerprint density at radius 1 is 1.32 bits per heavy atom. The van der Waals surface area contributed by atoms with Gasteiger partial charge in [-0.15, -0.1) is 0 Å². The van der Waals surface area contributed by atoms with E-state index >= 15 is 0 Å². The van der Waals surface area contributed by atoms with E-state index in [1.165, 1.54) is 0 Å². The zero-order valence-electron chi connectivity index (χ0n) is 9.98. The molecule has 0 amide bonds. The molecule has 2 nitrogen and oxygen atoms in total. The van der Waals surface area contributed by atoms with Gasteiger partial charge in [0.25, 0.3) is 0 Å². The maximum absolute atomic E-state index is 12.0. The van der Waals surface area contributed by atoms with Crippen molar-refractivity contribution in [3.05, 3.63) is 35.9 Å². The first kappa shape index (κ1) is 15.6. The number of ketones is 1. The second-order valence-corrected chi connectivity index (χ2v) is 5.00. The number of alkyl halides is 3. The van der Waals surface area contributed by atoms with Crippen LogP contribution in [0, 0.1) is 17.2 Å². The Hall–Kier alpha value is -1.48. The molecule has 1 rings (SSSR count). The molecular weight excluding hydrogens is 275 g/mol. The van der Waals surface area contributed by atoms with Crippen molar-refractivity contribution in [3.8, 4) is 6.07 Å². The van der Waals surface area contributed by atoms with Gasteiger partial charge < -0.3 is 0 Å². The monoisotopic (exact) mass is 287 g/mol. The first-order chi connectivity index (χ1) is 8.92. The summed E-state index contributed by atoms with van der Waals surface area (Å²) in [7, 11) is 0. The zero-order chi connectivity index (χ0) is 14.3. The minimum Gasteiger partial charge on any atom is -0.294 e. The van der Waals surface area contributed by atoms with Crippen LogP contribution >= 0.6 is 11.8 Å². The van der Waals surface area contributed by atoms with Crippen LogP contribution in [0.15, 0.2) is 30.3 Å². The standard InChI is InChI=1S/C13H12F3NOS/c14-13(15,16)19-9-10(8-17)6-7-12(18)11-4-2-1-3-5-11/h1-5,10H,6-7,9H2. The molecule has 0 fully saturated rings. The molecule has 0 heterocycles. The average molecular weight is 287 g/mol. The van der Waals surface area contributed by atoms with Crippen molar-refractivity contribution in [1.82, 2.24) is 0 Å². The molecule has 0 radical (unpaired) electrons. The average Bonchev–Trinajstić information content (AvgIpc) is 2.38. The van der Waals surface area contributed by atoms with Crippen LogP contribution in [0.5, 0.6) is 0 Å². The predicted octanol–water partition coefficient (Wildman–Crippen LogP) is 4.04. The number of nitriles is 1. The number of rotatable bonds is 6. The molecular formula is C13H12F3NOS. The molecule has 0 bridgehead atoms. The van der Waals surface area contributed by atoms with E-state index in [2.05, 4.69) is 0 Å². The first-order valence-corrected chi connectivity index (χ1v) is 6.59. The fourth-order valence-corrected chi connectivity index (χ4v) is 2.09. The molecule has 6 heteroatoms. The lowest BCUT2D eigenvalue weighted by molar-refractivity contribution is -0.0329. The molecule has 19 heavy (non-hydrogen) atoms. The van der Waals surface area contributed by atoms with Gasteiger partial charge in [-0.1, -0.05) is 30.3 Å². The minimum absolute atomic E-state index is 0.0840. The van der Waals surface area contributed by atoms with Gasteiger partial charge in [0.15, 0.2) is 5.78 Å². The number of carbonyl (C=O) groups excluding carboxylic acids is 1. The Morgan fingerprint density at radius 2 is 1.95 bits per heavy atom. The van der Waals surface area contributed by atoms with Crippen LogP contribution < -0.4 is 0 Å². The summed E-state index contributed by atoms with van der Waals surface area (Å²) in [5.74, 6) is -1.25. The number of thioether (sulfide) groups is 1. The molecule has 0 aliphatic heterocycles. The van der Waals surface area contributed by atoms with E-state index in [9.17, 15) is 18.0 Å². The molecule has 0 aliphatic carbocycles. The van der Waals surface area contributed by atoms with E-state index in [4.69, 9.17) is 5.26 Å². The van der Waals surface area contributed by atoms with Crippen LogP contribution in [-0.4, -0.2) is 17.0 Å². The van der Waals surface area contributed by atoms with Crippen LogP contribution in [-0.2, 0) is 0 Å². The number of hydrogen-bond acceptors (Lipinski definition) is 3. The van der Waals surface area contributed by atoms with Gasteiger partial charge in [0.05, 0.1) is 12.0 Å². The smallest absolute Gasteiger partial charge is 0.294 e. The van der Waals surface area contributed by atoms with E-state index < -0.39 is 11.4 Å². The van der Waals surface area contributed by atoms with Crippen LogP contribution in [0.3, 0.4) is 0 Å². The third-order valence-electron chi connectivity index (χ3n) is 2.45. The Labute approximate surface area is 113 Å². The lowest BCUT2D eigenvalue weighted by Crippen LogP contribution is -2.10. The van der Waals surface area contributed by atoms with E-state index in [-0.39, 0.29) is 36.1 Å². The van der Waals surface area contributed by atoms with E-state index in [0.717, 1.165) is 0 Å². The van der Waals surface area contributed by atoms with Crippen LogP contribution in [0.4, 0.5) is 13.2 Å². The van der Waals surface area contributed by atoms with Gasteiger partial charge in [-0.3, -0.25) is 4.79 Å². The van der Waals surface area contributed by atoms with Crippen molar-refractivity contribution in [3.63, 3.8) is 0 Å². The number of Topliss-reactive ketones (excluding diaryl/α,β-unsaturated/α-hetero) is 1. The zero-order valence-corrected chi connectivity index (χ0v) is 10.8. The molecule has 0 saturated heterocycles. The Kier molecular flexibility index (Phi) is 5.90. The first-order valence-electron chi connectivity index (χ1n) is 5.61.